The molecule has 7 nitrogen and oxygen atoms in total. The van der Waals surface area contributed by atoms with Crippen molar-refractivity contribution in [3.8, 4) is 17.3 Å². The largest absolute Gasteiger partial charge is 0.461 e. The van der Waals surface area contributed by atoms with Gasteiger partial charge in [0.15, 0.2) is 11.5 Å². The van der Waals surface area contributed by atoms with E-state index in [-0.39, 0.29) is 11.6 Å². The Morgan fingerprint density at radius 2 is 2.08 bits per heavy atom. The van der Waals surface area contributed by atoms with Gasteiger partial charge in [-0.25, -0.2) is 4.79 Å². The molecule has 7 heteroatoms. The van der Waals surface area contributed by atoms with E-state index in [1.165, 1.54) is 12.3 Å². The first-order valence-corrected chi connectivity index (χ1v) is 7.34. The molecule has 0 unspecified atom stereocenters. The number of fused-ring (bicyclic) bond motifs is 1. The van der Waals surface area contributed by atoms with Gasteiger partial charge in [-0.1, -0.05) is 11.2 Å². The molecule has 0 saturated heterocycles. The van der Waals surface area contributed by atoms with E-state index in [4.69, 9.17) is 13.7 Å². The van der Waals surface area contributed by atoms with Gasteiger partial charge in [0.1, 0.15) is 5.75 Å². The molecule has 2 aromatic heterocycles. The molecule has 0 spiro atoms. The Hall–Kier alpha value is -3.35. The van der Waals surface area contributed by atoms with E-state index in [1.807, 2.05) is 6.07 Å². The Morgan fingerprint density at radius 3 is 2.92 bits per heavy atom. The standard InChI is InChI=1S/C17H12N2O5/c20-16-6-4-10-3-5-11(8-12(10)18-16)23-17(21)13-9-15(24-19-13)14-2-1-7-22-14/h1-3,5,7-9H,4,6H2,(H,18,20). The lowest BCUT2D eigenvalue weighted by Crippen LogP contribution is -2.19. The van der Waals surface area contributed by atoms with Crippen molar-refractivity contribution in [2.45, 2.75) is 12.8 Å². The molecule has 1 aromatic carbocycles. The number of benzene rings is 1. The van der Waals surface area contributed by atoms with Crippen molar-refractivity contribution in [1.29, 1.82) is 0 Å². The second-order valence-electron chi connectivity index (χ2n) is 5.31. The lowest BCUT2D eigenvalue weighted by molar-refractivity contribution is -0.116. The van der Waals surface area contributed by atoms with Crippen LogP contribution in [0.2, 0.25) is 0 Å². The van der Waals surface area contributed by atoms with Gasteiger partial charge in [0.2, 0.25) is 11.7 Å². The van der Waals surface area contributed by atoms with Gasteiger partial charge >= 0.3 is 5.97 Å². The summed E-state index contributed by atoms with van der Waals surface area (Å²) in [6, 6.07) is 9.98. The van der Waals surface area contributed by atoms with E-state index < -0.39 is 5.97 Å². The van der Waals surface area contributed by atoms with Crippen LogP contribution in [0.4, 0.5) is 5.69 Å². The zero-order chi connectivity index (χ0) is 16.5. The summed E-state index contributed by atoms with van der Waals surface area (Å²) in [5.74, 6) is 0.426. The molecule has 3 aromatic rings. The molecule has 1 N–H and O–H groups in total. The van der Waals surface area contributed by atoms with E-state index >= 15 is 0 Å². The highest BCUT2D eigenvalue weighted by atomic mass is 16.5. The van der Waals surface area contributed by atoms with Gasteiger partial charge in [-0.3, -0.25) is 4.79 Å². The van der Waals surface area contributed by atoms with Gasteiger partial charge < -0.3 is 19.0 Å². The van der Waals surface area contributed by atoms with Crippen molar-refractivity contribution < 1.29 is 23.3 Å². The maximum atomic E-state index is 12.2. The van der Waals surface area contributed by atoms with Crippen molar-refractivity contribution in [2.75, 3.05) is 5.32 Å². The van der Waals surface area contributed by atoms with Crippen LogP contribution in [0.5, 0.6) is 5.75 Å². The summed E-state index contributed by atoms with van der Waals surface area (Å²) in [6.45, 7) is 0. The average molecular weight is 324 g/mol. The summed E-state index contributed by atoms with van der Waals surface area (Å²) in [4.78, 5) is 23.6. The van der Waals surface area contributed by atoms with Crippen LogP contribution in [0, 0.1) is 0 Å². The Bertz CT molecular complexity index is 911. The molecular weight excluding hydrogens is 312 g/mol. The molecule has 0 fully saturated rings. The van der Waals surface area contributed by atoms with Crippen LogP contribution in [0.15, 0.2) is 51.6 Å². The average Bonchev–Trinajstić information content (AvgIpc) is 3.25. The number of esters is 1. The Kier molecular flexibility index (Phi) is 3.38. The third-order valence-electron chi connectivity index (χ3n) is 3.67. The molecule has 1 aliphatic rings. The van der Waals surface area contributed by atoms with Crippen LogP contribution >= 0.6 is 0 Å². The van der Waals surface area contributed by atoms with Crippen molar-refractivity contribution in [1.82, 2.24) is 5.16 Å². The van der Waals surface area contributed by atoms with Crippen LogP contribution in [0.1, 0.15) is 22.5 Å². The number of hydrogen-bond donors (Lipinski definition) is 1. The van der Waals surface area contributed by atoms with Gasteiger partial charge in [0.25, 0.3) is 0 Å². The summed E-state index contributed by atoms with van der Waals surface area (Å²) in [7, 11) is 0. The van der Waals surface area contributed by atoms with Crippen molar-refractivity contribution in [3.63, 3.8) is 0 Å². The van der Waals surface area contributed by atoms with Crippen LogP contribution in [-0.2, 0) is 11.2 Å². The minimum atomic E-state index is -0.654. The van der Waals surface area contributed by atoms with E-state index in [1.54, 1.807) is 24.3 Å². The van der Waals surface area contributed by atoms with E-state index in [2.05, 4.69) is 10.5 Å². The number of amides is 1. The zero-order valence-corrected chi connectivity index (χ0v) is 12.4. The molecule has 3 heterocycles. The smallest absolute Gasteiger partial charge is 0.365 e. The van der Waals surface area contributed by atoms with E-state index in [0.29, 0.717) is 35.8 Å². The van der Waals surface area contributed by atoms with Crippen LogP contribution in [0.3, 0.4) is 0 Å². The Labute approximate surface area is 136 Å². The fourth-order valence-electron chi connectivity index (χ4n) is 2.48. The summed E-state index contributed by atoms with van der Waals surface area (Å²) in [5, 5.41) is 6.45. The van der Waals surface area contributed by atoms with Crippen molar-refractivity contribution in [3.05, 3.63) is 53.9 Å². The Balaban J connectivity index is 1.52. The molecule has 120 valence electrons. The van der Waals surface area contributed by atoms with E-state index in [0.717, 1.165) is 5.56 Å². The normalized spacial score (nSPS) is 13.2. The number of aromatic nitrogens is 1. The monoisotopic (exact) mass is 324 g/mol. The van der Waals surface area contributed by atoms with Gasteiger partial charge in [-0.05, 0) is 30.2 Å². The number of nitrogens with zero attached hydrogens (tertiary/aromatic N) is 1. The highest BCUT2D eigenvalue weighted by Gasteiger charge is 2.19. The minimum absolute atomic E-state index is 0.0307. The maximum Gasteiger partial charge on any atom is 0.365 e. The van der Waals surface area contributed by atoms with E-state index in [9.17, 15) is 9.59 Å². The summed E-state index contributed by atoms with van der Waals surface area (Å²) < 4.78 is 15.5. The molecule has 0 bridgehead atoms. The van der Waals surface area contributed by atoms with Gasteiger partial charge in [-0.2, -0.15) is 0 Å². The number of furan rings is 1. The zero-order valence-electron chi connectivity index (χ0n) is 12.4. The molecule has 0 aliphatic carbocycles. The fourth-order valence-corrected chi connectivity index (χ4v) is 2.48. The number of ether oxygens (including phenoxy) is 1. The van der Waals surface area contributed by atoms with Crippen LogP contribution < -0.4 is 10.1 Å². The van der Waals surface area contributed by atoms with Gasteiger partial charge in [0, 0.05) is 24.2 Å². The molecule has 1 amide bonds. The fraction of sp³-hybridized carbons (Fsp3) is 0.118. The van der Waals surface area contributed by atoms with Crippen LogP contribution in [0.25, 0.3) is 11.5 Å². The molecule has 0 atom stereocenters. The SMILES string of the molecule is O=C1CCc2ccc(OC(=O)c3cc(-c4ccco4)on3)cc2N1. The van der Waals surface area contributed by atoms with Crippen LogP contribution in [-0.4, -0.2) is 17.0 Å². The number of rotatable bonds is 3. The molecule has 4 rings (SSSR count). The number of carbonyl (C=O) groups is 2. The highest BCUT2D eigenvalue weighted by molar-refractivity contribution is 5.94. The first kappa shape index (κ1) is 14.3. The quantitative estimate of drug-likeness (QED) is 0.588. The number of anilines is 1. The summed E-state index contributed by atoms with van der Waals surface area (Å²) in [5.41, 5.74) is 1.70. The third-order valence-corrected chi connectivity index (χ3v) is 3.67. The molecule has 24 heavy (non-hydrogen) atoms. The third kappa shape index (κ3) is 2.67. The molecular formula is C17H12N2O5. The topological polar surface area (TPSA) is 94.6 Å². The molecule has 1 aliphatic heterocycles. The predicted molar refractivity (Wildman–Crippen MR) is 82.6 cm³/mol. The predicted octanol–water partition coefficient (Wildman–Crippen LogP) is 3.04. The van der Waals surface area contributed by atoms with Gasteiger partial charge in [-0.15, -0.1) is 0 Å². The van der Waals surface area contributed by atoms with Crippen molar-refractivity contribution in [2.24, 2.45) is 0 Å². The van der Waals surface area contributed by atoms with Crippen molar-refractivity contribution >= 4 is 17.6 Å². The number of carbonyl (C=O) groups excluding carboxylic acids is 2. The lowest BCUT2D eigenvalue weighted by Gasteiger charge is -2.17. The number of aryl methyl sites for hydroxylation is 1. The first-order valence-electron chi connectivity index (χ1n) is 7.34. The second kappa shape index (κ2) is 5.69. The number of hydrogen-bond acceptors (Lipinski definition) is 6. The summed E-state index contributed by atoms with van der Waals surface area (Å²) in [6.07, 6.45) is 2.63. The second-order valence-corrected chi connectivity index (χ2v) is 5.31. The van der Waals surface area contributed by atoms with Gasteiger partial charge in [0.05, 0.1) is 6.26 Å². The number of nitrogens with one attached hydrogen (secondary N) is 1. The molecule has 0 saturated carbocycles. The molecule has 0 radical (unpaired) electrons. The first-order chi connectivity index (χ1) is 11.7. The summed E-state index contributed by atoms with van der Waals surface area (Å²) >= 11 is 0. The maximum absolute atomic E-state index is 12.2. The lowest BCUT2D eigenvalue weighted by atomic mass is 10.0. The Morgan fingerprint density at radius 1 is 1.17 bits per heavy atom. The highest BCUT2D eigenvalue weighted by Crippen LogP contribution is 2.28. The minimum Gasteiger partial charge on any atom is -0.461 e.